The predicted octanol–water partition coefficient (Wildman–Crippen LogP) is 3.45. The first kappa shape index (κ1) is 17.0. The van der Waals surface area contributed by atoms with Gasteiger partial charge in [-0.3, -0.25) is 9.69 Å². The van der Waals surface area contributed by atoms with E-state index in [9.17, 15) is 4.79 Å². The highest BCUT2D eigenvalue weighted by Gasteiger charge is 2.14. The van der Waals surface area contributed by atoms with Gasteiger partial charge in [-0.25, -0.2) is 0 Å². The van der Waals surface area contributed by atoms with Crippen LogP contribution < -0.4 is 11.1 Å². The number of Topliss-reactive ketones (excluding diaryl/α,β-unsaturated/α-hetero) is 1. The van der Waals surface area contributed by atoms with Gasteiger partial charge in [0.2, 0.25) is 0 Å². The van der Waals surface area contributed by atoms with Crippen LogP contribution in [0.15, 0.2) is 6.07 Å². The number of nitrogen functional groups attached to an aromatic ring is 1. The molecule has 0 radical (unpaired) electrons. The van der Waals surface area contributed by atoms with E-state index in [1.165, 1.54) is 11.3 Å². The Morgan fingerprint density at radius 3 is 2.45 bits per heavy atom. The van der Waals surface area contributed by atoms with Crippen LogP contribution in [0.4, 0.5) is 10.7 Å². The third-order valence-corrected chi connectivity index (χ3v) is 4.48. The van der Waals surface area contributed by atoms with Crippen LogP contribution in [0.5, 0.6) is 0 Å². The van der Waals surface area contributed by atoms with Crippen molar-refractivity contribution >= 4 is 27.8 Å². The van der Waals surface area contributed by atoms with Crippen molar-refractivity contribution in [2.24, 2.45) is 0 Å². The number of hydrogen-bond donors (Lipinski definition) is 2. The quantitative estimate of drug-likeness (QED) is 0.722. The second-order valence-electron chi connectivity index (χ2n) is 5.52. The van der Waals surface area contributed by atoms with Gasteiger partial charge in [0.25, 0.3) is 0 Å². The molecule has 5 heteroatoms. The molecule has 0 aliphatic carbocycles. The van der Waals surface area contributed by atoms with Crippen LogP contribution in [0, 0.1) is 0 Å². The van der Waals surface area contributed by atoms with Gasteiger partial charge in [-0.2, -0.15) is 0 Å². The highest BCUT2D eigenvalue weighted by atomic mass is 32.1. The summed E-state index contributed by atoms with van der Waals surface area (Å²) in [5.74, 6) is 0.117. The fourth-order valence-corrected chi connectivity index (χ4v) is 3.31. The lowest BCUT2D eigenvalue weighted by Gasteiger charge is -2.30. The van der Waals surface area contributed by atoms with Crippen LogP contribution >= 0.6 is 11.3 Å². The van der Waals surface area contributed by atoms with E-state index < -0.39 is 0 Å². The molecule has 0 saturated carbocycles. The van der Waals surface area contributed by atoms with E-state index in [2.05, 4.69) is 37.9 Å². The van der Waals surface area contributed by atoms with E-state index in [0.717, 1.165) is 18.1 Å². The Balaban J connectivity index is 2.56. The lowest BCUT2D eigenvalue weighted by molar-refractivity contribution is 0.0993. The minimum absolute atomic E-state index is 0.117. The Morgan fingerprint density at radius 1 is 1.35 bits per heavy atom. The molecule has 0 aliphatic rings. The first-order valence-electron chi connectivity index (χ1n) is 7.28. The van der Waals surface area contributed by atoms with Gasteiger partial charge in [-0.05, 0) is 33.8 Å². The van der Waals surface area contributed by atoms with Gasteiger partial charge >= 0.3 is 0 Å². The monoisotopic (exact) mass is 297 g/mol. The molecule has 0 atom stereocenters. The van der Waals surface area contributed by atoms with Crippen LogP contribution in [0.3, 0.4) is 0 Å². The van der Waals surface area contributed by atoms with Crippen molar-refractivity contribution in [3.05, 3.63) is 10.9 Å². The predicted molar refractivity (Wildman–Crippen MR) is 88.8 cm³/mol. The first-order chi connectivity index (χ1) is 9.36. The SMILES string of the molecule is CCC(=O)c1sc(NCCN(C(C)C)C(C)C)cc1N. The summed E-state index contributed by atoms with van der Waals surface area (Å²) in [6.45, 7) is 12.5. The Morgan fingerprint density at radius 2 is 1.95 bits per heavy atom. The summed E-state index contributed by atoms with van der Waals surface area (Å²) in [4.78, 5) is 14.8. The Hall–Kier alpha value is -1.07. The molecule has 20 heavy (non-hydrogen) atoms. The molecule has 0 unspecified atom stereocenters. The molecule has 0 saturated heterocycles. The number of ketones is 1. The smallest absolute Gasteiger partial charge is 0.174 e. The van der Waals surface area contributed by atoms with Gasteiger partial charge in [0.05, 0.1) is 15.6 Å². The largest absolute Gasteiger partial charge is 0.397 e. The third-order valence-electron chi connectivity index (χ3n) is 3.33. The second kappa shape index (κ2) is 7.64. The average Bonchev–Trinajstić information content (AvgIpc) is 2.74. The molecular formula is C15H27N3OS. The van der Waals surface area contributed by atoms with Gasteiger partial charge in [0.1, 0.15) is 0 Å². The number of nitrogens with zero attached hydrogens (tertiary/aromatic N) is 1. The zero-order valence-corrected chi connectivity index (χ0v) is 14.0. The molecule has 0 fully saturated rings. The van der Waals surface area contributed by atoms with Gasteiger partial charge in [0, 0.05) is 31.6 Å². The van der Waals surface area contributed by atoms with Crippen LogP contribution in [0.1, 0.15) is 50.7 Å². The standard InChI is InChI=1S/C15H27N3OS/c1-6-13(19)15-12(16)9-14(20-15)17-7-8-18(10(2)3)11(4)5/h9-11,17H,6-8,16H2,1-5H3. The zero-order chi connectivity index (χ0) is 15.3. The van der Waals surface area contributed by atoms with E-state index in [1.54, 1.807) is 0 Å². The van der Waals surface area contributed by atoms with Crippen molar-refractivity contribution in [3.63, 3.8) is 0 Å². The Labute approximate surface area is 126 Å². The summed E-state index contributed by atoms with van der Waals surface area (Å²) in [6, 6.07) is 2.92. The minimum atomic E-state index is 0.117. The lowest BCUT2D eigenvalue weighted by Crippen LogP contribution is -2.40. The number of carbonyl (C=O) groups excluding carboxylic acids is 1. The number of nitrogens with two attached hydrogens (primary N) is 1. The maximum Gasteiger partial charge on any atom is 0.174 e. The van der Waals surface area contributed by atoms with E-state index in [-0.39, 0.29) is 5.78 Å². The molecule has 0 aliphatic heterocycles. The Kier molecular flexibility index (Phi) is 6.49. The van der Waals surface area contributed by atoms with E-state index in [1.807, 2.05) is 13.0 Å². The summed E-state index contributed by atoms with van der Waals surface area (Å²) in [7, 11) is 0. The lowest BCUT2D eigenvalue weighted by atomic mass is 10.2. The molecule has 1 aromatic rings. The minimum Gasteiger partial charge on any atom is -0.397 e. The molecule has 0 amide bonds. The van der Waals surface area contributed by atoms with Gasteiger partial charge in [-0.1, -0.05) is 6.92 Å². The molecule has 3 N–H and O–H groups in total. The molecule has 114 valence electrons. The molecule has 4 nitrogen and oxygen atoms in total. The van der Waals surface area contributed by atoms with Crippen molar-refractivity contribution in [1.82, 2.24) is 4.90 Å². The summed E-state index contributed by atoms with van der Waals surface area (Å²) < 4.78 is 0. The van der Waals surface area contributed by atoms with E-state index in [0.29, 0.717) is 29.1 Å². The second-order valence-corrected chi connectivity index (χ2v) is 6.58. The number of thiophene rings is 1. The number of rotatable bonds is 8. The molecule has 0 aromatic carbocycles. The van der Waals surface area contributed by atoms with Crippen molar-refractivity contribution in [3.8, 4) is 0 Å². The van der Waals surface area contributed by atoms with Crippen molar-refractivity contribution in [2.45, 2.75) is 53.1 Å². The number of nitrogens with one attached hydrogen (secondary N) is 1. The van der Waals surface area contributed by atoms with Crippen molar-refractivity contribution < 1.29 is 4.79 Å². The van der Waals surface area contributed by atoms with Crippen molar-refractivity contribution in [2.75, 3.05) is 24.1 Å². The Bertz CT molecular complexity index is 432. The summed E-state index contributed by atoms with van der Waals surface area (Å²) >= 11 is 1.46. The maximum absolute atomic E-state index is 11.7. The number of anilines is 2. The maximum atomic E-state index is 11.7. The molecule has 0 spiro atoms. The van der Waals surface area contributed by atoms with Gasteiger partial charge < -0.3 is 11.1 Å². The van der Waals surface area contributed by atoms with Gasteiger partial charge in [-0.15, -0.1) is 11.3 Å². The van der Waals surface area contributed by atoms with Crippen LogP contribution in [0.25, 0.3) is 0 Å². The zero-order valence-electron chi connectivity index (χ0n) is 13.2. The van der Waals surface area contributed by atoms with Crippen molar-refractivity contribution in [1.29, 1.82) is 0 Å². The topological polar surface area (TPSA) is 58.4 Å². The van der Waals surface area contributed by atoms with Gasteiger partial charge in [0.15, 0.2) is 5.78 Å². The summed E-state index contributed by atoms with van der Waals surface area (Å²) in [5, 5.41) is 4.35. The third kappa shape index (κ3) is 4.49. The summed E-state index contributed by atoms with van der Waals surface area (Å²) in [6.07, 6.45) is 0.499. The average molecular weight is 297 g/mol. The molecular weight excluding hydrogens is 270 g/mol. The number of carbonyl (C=O) groups is 1. The van der Waals surface area contributed by atoms with Crippen LogP contribution in [-0.4, -0.2) is 35.9 Å². The molecule has 1 rings (SSSR count). The fraction of sp³-hybridized carbons (Fsp3) is 0.667. The summed E-state index contributed by atoms with van der Waals surface area (Å²) in [5.41, 5.74) is 6.48. The highest BCUT2D eigenvalue weighted by Crippen LogP contribution is 2.30. The fourth-order valence-electron chi connectivity index (χ4n) is 2.29. The normalized spacial score (nSPS) is 11.6. The first-order valence-corrected chi connectivity index (χ1v) is 8.10. The molecule has 1 aromatic heterocycles. The van der Waals surface area contributed by atoms with E-state index >= 15 is 0 Å². The van der Waals surface area contributed by atoms with E-state index in [4.69, 9.17) is 5.73 Å². The molecule has 1 heterocycles. The molecule has 0 bridgehead atoms. The van der Waals surface area contributed by atoms with Crippen LogP contribution in [-0.2, 0) is 0 Å². The van der Waals surface area contributed by atoms with Crippen LogP contribution in [0.2, 0.25) is 0 Å². The number of hydrogen-bond acceptors (Lipinski definition) is 5. The highest BCUT2D eigenvalue weighted by molar-refractivity contribution is 7.18.